The van der Waals surface area contributed by atoms with Gasteiger partial charge in [0.15, 0.2) is 0 Å². The van der Waals surface area contributed by atoms with Crippen molar-refractivity contribution in [2.24, 2.45) is 0 Å². The number of benzene rings is 1. The highest BCUT2D eigenvalue weighted by molar-refractivity contribution is 5.30. The van der Waals surface area contributed by atoms with Gasteiger partial charge in [-0.1, -0.05) is 25.1 Å². The molecule has 2 rings (SSSR count). The molecule has 0 aliphatic carbocycles. The summed E-state index contributed by atoms with van der Waals surface area (Å²) in [7, 11) is 4.29. The summed E-state index contributed by atoms with van der Waals surface area (Å²) in [5, 5.41) is 0. The van der Waals surface area contributed by atoms with Crippen LogP contribution in [0.5, 0.6) is 0 Å². The molecular formula is C16H25FN2. The summed E-state index contributed by atoms with van der Waals surface area (Å²) in [6.07, 6.45) is 2.21. The molecule has 106 valence electrons. The minimum Gasteiger partial charge on any atom is -0.305 e. The largest absolute Gasteiger partial charge is 0.305 e. The molecule has 1 atom stereocenters. The van der Waals surface area contributed by atoms with Gasteiger partial charge in [-0.3, -0.25) is 4.90 Å². The second-order valence-corrected chi connectivity index (χ2v) is 5.79. The maximum absolute atomic E-state index is 12.9. The Kier molecular flexibility index (Phi) is 4.94. The predicted octanol–water partition coefficient (Wildman–Crippen LogP) is 2.85. The van der Waals surface area contributed by atoms with Crippen LogP contribution in [0, 0.1) is 0 Å². The number of likely N-dealkylation sites (tertiary alicyclic amines) is 1. The molecule has 2 nitrogen and oxygen atoms in total. The van der Waals surface area contributed by atoms with Crippen LogP contribution in [0.1, 0.15) is 30.0 Å². The lowest BCUT2D eigenvalue weighted by Crippen LogP contribution is -2.31. The fourth-order valence-electron chi connectivity index (χ4n) is 2.85. The van der Waals surface area contributed by atoms with Crippen LogP contribution in [0.3, 0.4) is 0 Å². The molecule has 0 spiro atoms. The number of hydrogen-bond donors (Lipinski definition) is 0. The number of alkyl halides is 1. The minimum atomic E-state index is -0.360. The van der Waals surface area contributed by atoms with Crippen LogP contribution in [-0.2, 0) is 19.6 Å². The van der Waals surface area contributed by atoms with Gasteiger partial charge < -0.3 is 4.90 Å². The normalized spacial score (nSPS) is 20.4. The molecule has 0 bridgehead atoms. The van der Waals surface area contributed by atoms with Gasteiger partial charge in [-0.05, 0) is 43.6 Å². The lowest BCUT2D eigenvalue weighted by atomic mass is 10.0. The molecule has 0 saturated carbocycles. The zero-order valence-electron chi connectivity index (χ0n) is 12.3. The topological polar surface area (TPSA) is 6.48 Å². The minimum absolute atomic E-state index is 0.360. The third kappa shape index (κ3) is 3.77. The highest BCUT2D eigenvalue weighted by Gasteiger charge is 2.23. The van der Waals surface area contributed by atoms with E-state index in [4.69, 9.17) is 0 Å². The molecular weight excluding hydrogens is 239 g/mol. The van der Waals surface area contributed by atoms with E-state index in [9.17, 15) is 4.39 Å². The second kappa shape index (κ2) is 6.49. The van der Waals surface area contributed by atoms with Crippen molar-refractivity contribution >= 4 is 0 Å². The quantitative estimate of drug-likeness (QED) is 0.807. The Balaban J connectivity index is 2.03. The van der Waals surface area contributed by atoms with Gasteiger partial charge in [0, 0.05) is 25.7 Å². The van der Waals surface area contributed by atoms with Gasteiger partial charge in [0.25, 0.3) is 0 Å². The van der Waals surface area contributed by atoms with E-state index in [-0.39, 0.29) is 6.67 Å². The Hall–Kier alpha value is -0.930. The van der Waals surface area contributed by atoms with Crippen LogP contribution in [-0.4, -0.2) is 43.0 Å². The number of nitrogens with zero attached hydrogens (tertiary/aromatic N) is 2. The van der Waals surface area contributed by atoms with Gasteiger partial charge in [-0.2, -0.15) is 0 Å². The first-order valence-corrected chi connectivity index (χ1v) is 7.18. The maximum atomic E-state index is 12.9. The zero-order valence-corrected chi connectivity index (χ0v) is 12.3. The summed E-state index contributed by atoms with van der Waals surface area (Å²) in [4.78, 5) is 4.77. The third-order valence-corrected chi connectivity index (χ3v) is 4.06. The van der Waals surface area contributed by atoms with Crippen molar-refractivity contribution in [3.8, 4) is 0 Å². The maximum Gasteiger partial charge on any atom is 0.115 e. The number of aryl methyl sites for hydroxylation is 1. The predicted molar refractivity (Wildman–Crippen MR) is 78.0 cm³/mol. The molecule has 0 radical (unpaired) electrons. The summed E-state index contributed by atoms with van der Waals surface area (Å²) in [5.41, 5.74) is 3.32. The van der Waals surface area contributed by atoms with E-state index < -0.39 is 0 Å². The van der Waals surface area contributed by atoms with E-state index in [1.807, 2.05) is 12.1 Å². The van der Waals surface area contributed by atoms with Crippen molar-refractivity contribution in [2.75, 3.05) is 27.2 Å². The molecule has 1 aliphatic rings. The molecule has 1 fully saturated rings. The van der Waals surface area contributed by atoms with Crippen LogP contribution >= 0.6 is 0 Å². The summed E-state index contributed by atoms with van der Waals surface area (Å²) in [6, 6.07) is 6.88. The summed E-state index contributed by atoms with van der Waals surface area (Å²) >= 11 is 0. The second-order valence-electron chi connectivity index (χ2n) is 5.79. The van der Waals surface area contributed by atoms with E-state index in [1.54, 1.807) is 0 Å². The Morgan fingerprint density at radius 2 is 1.89 bits per heavy atom. The monoisotopic (exact) mass is 264 g/mol. The summed E-state index contributed by atoms with van der Waals surface area (Å²) in [6.45, 7) is 4.98. The molecule has 3 heteroatoms. The van der Waals surface area contributed by atoms with Gasteiger partial charge in [0.2, 0.25) is 0 Å². The van der Waals surface area contributed by atoms with Gasteiger partial charge in [-0.15, -0.1) is 0 Å². The molecule has 0 N–H and O–H groups in total. The van der Waals surface area contributed by atoms with Crippen LogP contribution in [0.15, 0.2) is 18.2 Å². The smallest absolute Gasteiger partial charge is 0.115 e. The molecule has 19 heavy (non-hydrogen) atoms. The molecule has 0 amide bonds. The molecule has 1 aromatic rings. The highest BCUT2D eigenvalue weighted by Crippen LogP contribution is 2.19. The van der Waals surface area contributed by atoms with E-state index in [0.29, 0.717) is 6.04 Å². The fourth-order valence-corrected chi connectivity index (χ4v) is 2.85. The number of hydrogen-bond acceptors (Lipinski definition) is 2. The van der Waals surface area contributed by atoms with E-state index in [0.717, 1.165) is 31.6 Å². The van der Waals surface area contributed by atoms with Crippen molar-refractivity contribution in [1.29, 1.82) is 0 Å². The Bertz CT molecular complexity index is 395. The van der Waals surface area contributed by atoms with Crippen molar-refractivity contribution in [1.82, 2.24) is 9.80 Å². The number of halogens is 1. The Morgan fingerprint density at radius 1 is 1.21 bits per heavy atom. The van der Waals surface area contributed by atoms with Crippen molar-refractivity contribution in [3.05, 3.63) is 34.9 Å². The first kappa shape index (κ1) is 14.5. The molecule has 1 aromatic carbocycles. The van der Waals surface area contributed by atoms with Crippen LogP contribution in [0.25, 0.3) is 0 Å². The SMILES string of the molecule is CCc1cc(CF)cc(CN2CC[C@@H](N(C)C)C2)c1. The third-order valence-electron chi connectivity index (χ3n) is 4.06. The van der Waals surface area contributed by atoms with E-state index >= 15 is 0 Å². The van der Waals surface area contributed by atoms with Gasteiger partial charge in [0.1, 0.15) is 6.67 Å². The zero-order chi connectivity index (χ0) is 13.8. The van der Waals surface area contributed by atoms with Gasteiger partial charge in [-0.25, -0.2) is 4.39 Å². The fraction of sp³-hybridized carbons (Fsp3) is 0.625. The van der Waals surface area contributed by atoms with Crippen LogP contribution < -0.4 is 0 Å². The van der Waals surface area contributed by atoms with E-state index in [1.165, 1.54) is 17.5 Å². The van der Waals surface area contributed by atoms with Gasteiger partial charge >= 0.3 is 0 Å². The Labute approximate surface area is 116 Å². The van der Waals surface area contributed by atoms with Crippen molar-refractivity contribution in [3.63, 3.8) is 0 Å². The van der Waals surface area contributed by atoms with Crippen molar-refractivity contribution < 1.29 is 4.39 Å². The first-order valence-electron chi connectivity index (χ1n) is 7.18. The van der Waals surface area contributed by atoms with E-state index in [2.05, 4.69) is 36.9 Å². The number of likely N-dealkylation sites (N-methyl/N-ethyl adjacent to an activating group) is 1. The van der Waals surface area contributed by atoms with Crippen LogP contribution in [0.4, 0.5) is 4.39 Å². The molecule has 0 unspecified atom stereocenters. The average molecular weight is 264 g/mol. The first-order chi connectivity index (χ1) is 9.12. The Morgan fingerprint density at radius 3 is 2.47 bits per heavy atom. The van der Waals surface area contributed by atoms with Crippen LogP contribution in [0.2, 0.25) is 0 Å². The van der Waals surface area contributed by atoms with Crippen molar-refractivity contribution in [2.45, 2.75) is 39.0 Å². The highest BCUT2D eigenvalue weighted by atomic mass is 19.1. The summed E-state index contributed by atoms with van der Waals surface area (Å²) in [5.74, 6) is 0. The standard InChI is InChI=1S/C16H25FN2/c1-4-13-7-14(10-17)9-15(8-13)11-19-6-5-16(12-19)18(2)3/h7-9,16H,4-6,10-12H2,1-3H3/t16-/m1/s1. The molecule has 1 saturated heterocycles. The molecule has 1 heterocycles. The summed E-state index contributed by atoms with van der Waals surface area (Å²) < 4.78 is 12.9. The number of rotatable bonds is 5. The average Bonchev–Trinajstić information content (AvgIpc) is 2.87. The molecule has 0 aromatic heterocycles. The molecule has 1 aliphatic heterocycles. The lowest BCUT2D eigenvalue weighted by molar-refractivity contribution is 0.264. The lowest BCUT2D eigenvalue weighted by Gasteiger charge is -2.20. The van der Waals surface area contributed by atoms with Gasteiger partial charge in [0.05, 0.1) is 0 Å².